The molecule has 0 radical (unpaired) electrons. The third-order valence-corrected chi connectivity index (χ3v) is 3.97. The molecule has 5 heteroatoms. The lowest BCUT2D eigenvalue weighted by Gasteiger charge is -2.21. The highest BCUT2D eigenvalue weighted by Gasteiger charge is 2.15. The highest BCUT2D eigenvalue weighted by molar-refractivity contribution is 5.81. The van der Waals surface area contributed by atoms with Crippen molar-refractivity contribution < 1.29 is 18.7 Å². The van der Waals surface area contributed by atoms with E-state index in [0.29, 0.717) is 12.5 Å². The van der Waals surface area contributed by atoms with Crippen LogP contribution in [0.1, 0.15) is 37.7 Å². The topological polar surface area (TPSA) is 55.4 Å². The zero-order chi connectivity index (χ0) is 15.8. The fourth-order valence-corrected chi connectivity index (χ4v) is 2.69. The maximum atomic E-state index is 13.4. The van der Waals surface area contributed by atoms with Gasteiger partial charge in [0.1, 0.15) is 5.82 Å². The SMILES string of the molecule is O=C(COC(=O)Cc1ccccc1F)NCC1CCCCC1. The first kappa shape index (κ1) is 16.5. The summed E-state index contributed by atoms with van der Waals surface area (Å²) in [5.41, 5.74) is 0.273. The Morgan fingerprint density at radius 3 is 2.64 bits per heavy atom. The molecule has 1 aromatic carbocycles. The van der Waals surface area contributed by atoms with Gasteiger partial charge in [0.2, 0.25) is 0 Å². The van der Waals surface area contributed by atoms with Gasteiger partial charge in [0, 0.05) is 6.54 Å². The number of halogens is 1. The minimum atomic E-state index is -0.599. The quantitative estimate of drug-likeness (QED) is 0.822. The summed E-state index contributed by atoms with van der Waals surface area (Å²) in [5, 5.41) is 2.79. The zero-order valence-corrected chi connectivity index (χ0v) is 12.6. The number of hydrogen-bond donors (Lipinski definition) is 1. The van der Waals surface area contributed by atoms with Gasteiger partial charge in [0.05, 0.1) is 6.42 Å². The Morgan fingerprint density at radius 2 is 1.91 bits per heavy atom. The number of hydrogen-bond acceptors (Lipinski definition) is 3. The number of carbonyl (C=O) groups is 2. The lowest BCUT2D eigenvalue weighted by Crippen LogP contribution is -2.33. The predicted octanol–water partition coefficient (Wildman–Crippen LogP) is 2.61. The third-order valence-electron chi connectivity index (χ3n) is 3.97. The molecule has 1 amide bonds. The zero-order valence-electron chi connectivity index (χ0n) is 12.6. The van der Waals surface area contributed by atoms with Crippen molar-refractivity contribution in [2.45, 2.75) is 38.5 Å². The van der Waals surface area contributed by atoms with Crippen LogP contribution in [0.4, 0.5) is 4.39 Å². The van der Waals surface area contributed by atoms with E-state index in [1.165, 1.54) is 31.4 Å². The molecule has 22 heavy (non-hydrogen) atoms. The van der Waals surface area contributed by atoms with E-state index in [-0.39, 0.29) is 24.5 Å². The van der Waals surface area contributed by atoms with E-state index < -0.39 is 11.8 Å². The van der Waals surface area contributed by atoms with Crippen molar-refractivity contribution in [2.24, 2.45) is 5.92 Å². The minimum Gasteiger partial charge on any atom is -0.455 e. The van der Waals surface area contributed by atoms with E-state index in [1.807, 2.05) is 0 Å². The number of amides is 1. The highest BCUT2D eigenvalue weighted by atomic mass is 19.1. The molecule has 1 fully saturated rings. The standard InChI is InChI=1S/C17H22FNO3/c18-15-9-5-4-8-14(15)10-17(21)22-12-16(20)19-11-13-6-2-1-3-7-13/h4-5,8-9,13H,1-3,6-7,10-12H2,(H,19,20). The Balaban J connectivity index is 1.65. The lowest BCUT2D eigenvalue weighted by molar-refractivity contribution is -0.148. The van der Waals surface area contributed by atoms with Crippen LogP contribution in [-0.4, -0.2) is 25.0 Å². The van der Waals surface area contributed by atoms with Gasteiger partial charge in [-0.2, -0.15) is 0 Å². The molecular formula is C17H22FNO3. The van der Waals surface area contributed by atoms with Crippen LogP contribution in [0.2, 0.25) is 0 Å². The first-order chi connectivity index (χ1) is 10.6. The first-order valence-corrected chi connectivity index (χ1v) is 7.81. The average Bonchev–Trinajstić information content (AvgIpc) is 2.54. The van der Waals surface area contributed by atoms with Crippen molar-refractivity contribution >= 4 is 11.9 Å². The molecule has 0 unspecified atom stereocenters. The van der Waals surface area contributed by atoms with Gasteiger partial charge >= 0.3 is 5.97 Å². The van der Waals surface area contributed by atoms with Gasteiger partial charge in [-0.3, -0.25) is 9.59 Å². The molecule has 1 aliphatic carbocycles. The van der Waals surface area contributed by atoms with Crippen molar-refractivity contribution in [3.63, 3.8) is 0 Å². The normalized spacial score (nSPS) is 15.3. The fraction of sp³-hybridized carbons (Fsp3) is 0.529. The molecule has 0 bridgehead atoms. The largest absolute Gasteiger partial charge is 0.455 e. The molecule has 0 atom stereocenters. The molecule has 0 aromatic heterocycles. The van der Waals surface area contributed by atoms with Crippen LogP contribution in [0.3, 0.4) is 0 Å². The van der Waals surface area contributed by atoms with Crippen molar-refractivity contribution in [1.29, 1.82) is 0 Å². The fourth-order valence-electron chi connectivity index (χ4n) is 2.69. The minimum absolute atomic E-state index is 0.164. The summed E-state index contributed by atoms with van der Waals surface area (Å²) < 4.78 is 18.3. The summed E-state index contributed by atoms with van der Waals surface area (Å²) in [6, 6.07) is 6.03. The number of nitrogens with one attached hydrogen (secondary N) is 1. The van der Waals surface area contributed by atoms with Gasteiger partial charge in [0.15, 0.2) is 6.61 Å². The Hall–Kier alpha value is -1.91. The number of benzene rings is 1. The number of esters is 1. The summed E-state index contributed by atoms with van der Waals surface area (Å²) >= 11 is 0. The number of ether oxygens (including phenoxy) is 1. The Labute approximate surface area is 130 Å². The van der Waals surface area contributed by atoms with Crippen LogP contribution in [0, 0.1) is 11.7 Å². The van der Waals surface area contributed by atoms with Gasteiger partial charge < -0.3 is 10.1 Å². The molecule has 1 aliphatic rings. The highest BCUT2D eigenvalue weighted by Crippen LogP contribution is 2.22. The molecule has 4 nitrogen and oxygen atoms in total. The van der Waals surface area contributed by atoms with E-state index in [0.717, 1.165) is 12.8 Å². The van der Waals surface area contributed by atoms with Crippen LogP contribution < -0.4 is 5.32 Å². The smallest absolute Gasteiger partial charge is 0.310 e. The van der Waals surface area contributed by atoms with Gasteiger partial charge in [0.25, 0.3) is 5.91 Å². The van der Waals surface area contributed by atoms with Gasteiger partial charge in [-0.1, -0.05) is 37.5 Å². The summed E-state index contributed by atoms with van der Waals surface area (Å²) in [4.78, 5) is 23.3. The van der Waals surface area contributed by atoms with Crippen molar-refractivity contribution in [2.75, 3.05) is 13.2 Å². The molecule has 1 N–H and O–H groups in total. The number of rotatable bonds is 6. The predicted molar refractivity (Wildman–Crippen MR) is 80.6 cm³/mol. The summed E-state index contributed by atoms with van der Waals surface area (Å²) in [7, 11) is 0. The van der Waals surface area contributed by atoms with Gasteiger partial charge in [-0.25, -0.2) is 4.39 Å². The summed E-state index contributed by atoms with van der Waals surface area (Å²) in [6.45, 7) is 0.337. The van der Waals surface area contributed by atoms with Crippen LogP contribution in [0.5, 0.6) is 0 Å². The second kappa shape index (κ2) is 8.51. The molecule has 0 saturated heterocycles. The maximum absolute atomic E-state index is 13.4. The third kappa shape index (κ3) is 5.47. The molecule has 1 saturated carbocycles. The summed E-state index contributed by atoms with van der Waals surface area (Å²) in [6.07, 6.45) is 5.84. The average molecular weight is 307 g/mol. The maximum Gasteiger partial charge on any atom is 0.310 e. The van der Waals surface area contributed by atoms with Crippen molar-refractivity contribution in [1.82, 2.24) is 5.32 Å². The van der Waals surface area contributed by atoms with Crippen molar-refractivity contribution in [3.05, 3.63) is 35.6 Å². The second-order valence-corrected chi connectivity index (χ2v) is 5.74. The Morgan fingerprint density at radius 1 is 1.18 bits per heavy atom. The molecule has 0 heterocycles. The van der Waals surface area contributed by atoms with E-state index in [4.69, 9.17) is 4.74 Å². The van der Waals surface area contributed by atoms with E-state index in [2.05, 4.69) is 5.32 Å². The lowest BCUT2D eigenvalue weighted by atomic mass is 9.89. The molecule has 1 aromatic rings. The molecule has 0 aliphatic heterocycles. The van der Waals surface area contributed by atoms with E-state index in [9.17, 15) is 14.0 Å². The number of carbonyl (C=O) groups excluding carboxylic acids is 2. The van der Waals surface area contributed by atoms with Crippen LogP contribution in [0.25, 0.3) is 0 Å². The van der Waals surface area contributed by atoms with Gasteiger partial charge in [-0.15, -0.1) is 0 Å². The molecule has 2 rings (SSSR count). The van der Waals surface area contributed by atoms with Gasteiger partial charge in [-0.05, 0) is 30.4 Å². The second-order valence-electron chi connectivity index (χ2n) is 5.74. The van der Waals surface area contributed by atoms with Crippen LogP contribution in [-0.2, 0) is 20.7 Å². The monoisotopic (exact) mass is 307 g/mol. The summed E-state index contributed by atoms with van der Waals surface area (Å²) in [5.74, 6) is -0.807. The Kier molecular flexibility index (Phi) is 6.37. The van der Waals surface area contributed by atoms with E-state index >= 15 is 0 Å². The van der Waals surface area contributed by atoms with E-state index in [1.54, 1.807) is 12.1 Å². The Bertz CT molecular complexity index is 512. The van der Waals surface area contributed by atoms with Crippen LogP contribution >= 0.6 is 0 Å². The molecular weight excluding hydrogens is 285 g/mol. The van der Waals surface area contributed by atoms with Crippen molar-refractivity contribution in [3.8, 4) is 0 Å². The molecule has 0 spiro atoms. The van der Waals surface area contributed by atoms with Crippen LogP contribution in [0.15, 0.2) is 24.3 Å². The first-order valence-electron chi connectivity index (χ1n) is 7.81. The molecule has 120 valence electrons.